The zero-order chi connectivity index (χ0) is 5.82. The standard InChI is InChI=1S/C7H10N/c8-6-5-7-3-1-2-4-7/h1-4H,5-6,8H2/q-1. The summed E-state index contributed by atoms with van der Waals surface area (Å²) in [6.07, 6.45) is 1.01. The second kappa shape index (κ2) is 2.58. The SMILES string of the molecule is NCCc1cc[cH-]c1. The molecular formula is C7H10N-. The molecule has 0 fully saturated rings. The predicted molar refractivity (Wildman–Crippen MR) is 34.8 cm³/mol. The highest BCUT2D eigenvalue weighted by molar-refractivity contribution is 5.16. The number of rotatable bonds is 2. The van der Waals surface area contributed by atoms with Gasteiger partial charge >= 0.3 is 0 Å². The van der Waals surface area contributed by atoms with Crippen molar-refractivity contribution < 1.29 is 0 Å². The Bertz CT molecular complexity index is 130. The Morgan fingerprint density at radius 1 is 1.62 bits per heavy atom. The molecule has 0 saturated carbocycles. The number of nitrogens with two attached hydrogens (primary N) is 1. The Kier molecular flexibility index (Phi) is 1.75. The topological polar surface area (TPSA) is 26.0 Å². The lowest BCUT2D eigenvalue weighted by atomic mass is 10.2. The lowest BCUT2D eigenvalue weighted by Crippen LogP contribution is -2.01. The molecule has 0 aliphatic carbocycles. The first-order chi connectivity index (χ1) is 3.93. The van der Waals surface area contributed by atoms with Crippen molar-refractivity contribution in [3.63, 3.8) is 0 Å². The molecule has 8 heavy (non-hydrogen) atoms. The maximum Gasteiger partial charge on any atom is -0.0151 e. The first kappa shape index (κ1) is 5.45. The zero-order valence-electron chi connectivity index (χ0n) is 4.80. The number of hydrogen-bond acceptors (Lipinski definition) is 1. The molecule has 0 unspecified atom stereocenters. The third-order valence-electron chi connectivity index (χ3n) is 1.16. The zero-order valence-corrected chi connectivity index (χ0v) is 4.80. The second-order valence-electron chi connectivity index (χ2n) is 1.83. The van der Waals surface area contributed by atoms with Crippen molar-refractivity contribution in [1.29, 1.82) is 0 Å². The smallest absolute Gasteiger partial charge is 0.0151 e. The van der Waals surface area contributed by atoms with Crippen LogP contribution in [0.25, 0.3) is 0 Å². The van der Waals surface area contributed by atoms with Gasteiger partial charge in [-0.1, -0.05) is 6.42 Å². The minimum atomic E-state index is 0.754. The molecule has 0 aromatic heterocycles. The van der Waals surface area contributed by atoms with Crippen LogP contribution in [0.5, 0.6) is 0 Å². The molecule has 2 N–H and O–H groups in total. The van der Waals surface area contributed by atoms with Gasteiger partial charge in [-0.3, -0.25) is 0 Å². The molecule has 1 aromatic rings. The minimum Gasteiger partial charge on any atom is -0.331 e. The van der Waals surface area contributed by atoms with E-state index in [1.54, 1.807) is 0 Å². The molecule has 0 atom stereocenters. The van der Waals surface area contributed by atoms with Crippen molar-refractivity contribution in [3.8, 4) is 0 Å². The van der Waals surface area contributed by atoms with E-state index in [1.165, 1.54) is 5.56 Å². The van der Waals surface area contributed by atoms with Gasteiger partial charge in [-0.2, -0.15) is 23.8 Å². The molecule has 0 aliphatic rings. The Morgan fingerprint density at radius 3 is 3.00 bits per heavy atom. The predicted octanol–water partition coefficient (Wildman–Crippen LogP) is 0.907. The van der Waals surface area contributed by atoms with Gasteiger partial charge < -0.3 is 5.73 Å². The van der Waals surface area contributed by atoms with E-state index in [4.69, 9.17) is 5.73 Å². The lowest BCUT2D eigenvalue weighted by molar-refractivity contribution is 0.973. The van der Waals surface area contributed by atoms with Crippen LogP contribution in [0, 0.1) is 0 Å². The first-order valence-corrected chi connectivity index (χ1v) is 2.84. The Balaban J connectivity index is 2.50. The molecular weight excluding hydrogens is 98.1 g/mol. The fourth-order valence-corrected chi connectivity index (χ4v) is 0.747. The van der Waals surface area contributed by atoms with Crippen molar-refractivity contribution in [2.24, 2.45) is 5.73 Å². The Labute approximate surface area is 49.5 Å². The summed E-state index contributed by atoms with van der Waals surface area (Å²) in [6, 6.07) is 8.25. The van der Waals surface area contributed by atoms with Gasteiger partial charge in [0.2, 0.25) is 0 Å². The average Bonchev–Trinajstić information content (AvgIpc) is 2.19. The molecule has 0 bridgehead atoms. The third kappa shape index (κ3) is 1.14. The van der Waals surface area contributed by atoms with E-state index in [1.807, 2.05) is 12.1 Å². The summed E-state index contributed by atoms with van der Waals surface area (Å²) in [6.45, 7) is 0.754. The van der Waals surface area contributed by atoms with Crippen LogP contribution in [0.1, 0.15) is 5.56 Å². The third-order valence-corrected chi connectivity index (χ3v) is 1.16. The van der Waals surface area contributed by atoms with Crippen LogP contribution in [0.2, 0.25) is 0 Å². The average molecular weight is 108 g/mol. The Hall–Kier alpha value is -0.690. The van der Waals surface area contributed by atoms with Crippen molar-refractivity contribution >= 4 is 0 Å². The summed E-state index contributed by atoms with van der Waals surface area (Å²) < 4.78 is 0. The van der Waals surface area contributed by atoms with Crippen molar-refractivity contribution in [1.82, 2.24) is 0 Å². The quantitative estimate of drug-likeness (QED) is 0.560. The van der Waals surface area contributed by atoms with Gasteiger partial charge in [0, 0.05) is 0 Å². The molecule has 0 radical (unpaired) electrons. The summed E-state index contributed by atoms with van der Waals surface area (Å²) >= 11 is 0. The molecule has 0 amide bonds. The lowest BCUT2D eigenvalue weighted by Gasteiger charge is -1.96. The van der Waals surface area contributed by atoms with Crippen molar-refractivity contribution in [2.45, 2.75) is 6.42 Å². The fraction of sp³-hybridized carbons (Fsp3) is 0.286. The van der Waals surface area contributed by atoms with E-state index in [2.05, 4.69) is 12.1 Å². The van der Waals surface area contributed by atoms with Crippen LogP contribution in [-0.2, 0) is 6.42 Å². The van der Waals surface area contributed by atoms with Gasteiger partial charge in [0.15, 0.2) is 0 Å². The van der Waals surface area contributed by atoms with Crippen LogP contribution in [0.3, 0.4) is 0 Å². The molecule has 44 valence electrons. The maximum absolute atomic E-state index is 5.32. The molecule has 1 nitrogen and oxygen atoms in total. The summed E-state index contributed by atoms with van der Waals surface area (Å²) in [5.74, 6) is 0. The second-order valence-corrected chi connectivity index (χ2v) is 1.83. The Morgan fingerprint density at radius 2 is 2.50 bits per heavy atom. The van der Waals surface area contributed by atoms with E-state index < -0.39 is 0 Å². The maximum atomic E-state index is 5.32. The molecule has 0 spiro atoms. The number of hydrogen-bond donors (Lipinski definition) is 1. The van der Waals surface area contributed by atoms with Gasteiger partial charge in [-0.15, -0.1) is 0 Å². The highest BCUT2D eigenvalue weighted by Gasteiger charge is 1.75. The van der Waals surface area contributed by atoms with Crippen LogP contribution < -0.4 is 5.73 Å². The molecule has 1 aromatic carbocycles. The first-order valence-electron chi connectivity index (χ1n) is 2.84. The van der Waals surface area contributed by atoms with E-state index in [-0.39, 0.29) is 0 Å². The summed E-state index contributed by atoms with van der Waals surface area (Å²) in [5.41, 5.74) is 6.66. The molecule has 0 aliphatic heterocycles. The van der Waals surface area contributed by atoms with Gasteiger partial charge in [-0.05, 0) is 6.54 Å². The summed E-state index contributed by atoms with van der Waals surface area (Å²) in [5, 5.41) is 0. The molecule has 0 heterocycles. The monoisotopic (exact) mass is 108 g/mol. The molecule has 1 rings (SSSR count). The van der Waals surface area contributed by atoms with Crippen LogP contribution in [0.15, 0.2) is 24.3 Å². The van der Waals surface area contributed by atoms with Crippen molar-refractivity contribution in [3.05, 3.63) is 29.8 Å². The summed E-state index contributed by atoms with van der Waals surface area (Å²) in [4.78, 5) is 0. The minimum absolute atomic E-state index is 0.754. The normalized spacial score (nSPS) is 9.62. The molecule has 1 heteroatoms. The van der Waals surface area contributed by atoms with Crippen LogP contribution >= 0.6 is 0 Å². The fourth-order valence-electron chi connectivity index (χ4n) is 0.747. The van der Waals surface area contributed by atoms with Gasteiger partial charge in [0.05, 0.1) is 0 Å². The van der Waals surface area contributed by atoms with Crippen molar-refractivity contribution in [2.75, 3.05) is 6.54 Å². The van der Waals surface area contributed by atoms with Crippen LogP contribution in [0.4, 0.5) is 0 Å². The van der Waals surface area contributed by atoms with Gasteiger partial charge in [0.25, 0.3) is 0 Å². The van der Waals surface area contributed by atoms with E-state index in [9.17, 15) is 0 Å². The van der Waals surface area contributed by atoms with Gasteiger partial charge in [-0.25, -0.2) is 6.07 Å². The summed E-state index contributed by atoms with van der Waals surface area (Å²) in [7, 11) is 0. The highest BCUT2D eigenvalue weighted by atomic mass is 14.5. The van der Waals surface area contributed by atoms with E-state index >= 15 is 0 Å². The van der Waals surface area contributed by atoms with Crippen LogP contribution in [-0.4, -0.2) is 6.54 Å². The van der Waals surface area contributed by atoms with Gasteiger partial charge in [0.1, 0.15) is 0 Å². The molecule has 0 saturated heterocycles. The highest BCUT2D eigenvalue weighted by Crippen LogP contribution is 1.98. The van der Waals surface area contributed by atoms with E-state index in [0.717, 1.165) is 13.0 Å². The largest absolute Gasteiger partial charge is 0.331 e. The van der Waals surface area contributed by atoms with E-state index in [0.29, 0.717) is 0 Å².